The van der Waals surface area contributed by atoms with Crippen molar-refractivity contribution in [3.8, 4) is 0 Å². The fourth-order valence-electron chi connectivity index (χ4n) is 1.47. The molecular weight excluding hydrogens is 200 g/mol. The number of nitrogens with zero attached hydrogens (tertiary/aromatic N) is 1. The first-order chi connectivity index (χ1) is 7.59. The van der Waals surface area contributed by atoms with Gasteiger partial charge in [0.1, 0.15) is 0 Å². The Morgan fingerprint density at radius 2 is 1.88 bits per heavy atom. The van der Waals surface area contributed by atoms with Crippen LogP contribution >= 0.6 is 0 Å². The Bertz CT molecular complexity index is 323. The highest BCUT2D eigenvalue weighted by Gasteiger charge is 1.97. The van der Waals surface area contributed by atoms with Gasteiger partial charge in [0, 0.05) is 12.2 Å². The predicted octanol–water partition coefficient (Wildman–Crippen LogP) is 1.60. The Morgan fingerprint density at radius 1 is 1.12 bits per heavy atom. The van der Waals surface area contributed by atoms with E-state index in [0.29, 0.717) is 11.4 Å². The summed E-state index contributed by atoms with van der Waals surface area (Å²) >= 11 is 0. The molecule has 4 heteroatoms. The number of unbranched alkanes of at least 4 members (excludes halogenated alkanes) is 1. The van der Waals surface area contributed by atoms with Crippen LogP contribution in [0.25, 0.3) is 0 Å². The van der Waals surface area contributed by atoms with Gasteiger partial charge in [-0.3, -0.25) is 0 Å². The molecule has 0 aliphatic rings. The lowest BCUT2D eigenvalue weighted by Gasteiger charge is -2.10. The van der Waals surface area contributed by atoms with Gasteiger partial charge in [-0.15, -0.1) is 0 Å². The summed E-state index contributed by atoms with van der Waals surface area (Å²) in [6.07, 6.45) is 2.35. The lowest BCUT2D eigenvalue weighted by Crippen LogP contribution is -2.14. The molecule has 1 aromatic carbocycles. The van der Waals surface area contributed by atoms with Gasteiger partial charge in [-0.05, 0) is 51.7 Å². The summed E-state index contributed by atoms with van der Waals surface area (Å²) in [6.45, 7) is 2.10. The Kier molecular flexibility index (Phi) is 4.92. The van der Waals surface area contributed by atoms with Crippen molar-refractivity contribution < 1.29 is 0 Å². The van der Waals surface area contributed by atoms with E-state index in [1.807, 2.05) is 18.2 Å². The quantitative estimate of drug-likeness (QED) is 0.505. The van der Waals surface area contributed by atoms with Gasteiger partial charge >= 0.3 is 0 Å². The third-order valence-electron chi connectivity index (χ3n) is 2.45. The first kappa shape index (κ1) is 12.6. The van der Waals surface area contributed by atoms with E-state index in [9.17, 15) is 0 Å². The monoisotopic (exact) mass is 222 g/mol. The summed E-state index contributed by atoms with van der Waals surface area (Å²) in [5.41, 5.74) is 13.7. The maximum atomic E-state index is 5.72. The first-order valence-corrected chi connectivity index (χ1v) is 5.63. The summed E-state index contributed by atoms with van der Waals surface area (Å²) in [7, 11) is 4.18. The molecule has 0 unspecified atom stereocenters. The van der Waals surface area contributed by atoms with Crippen molar-refractivity contribution in [1.29, 1.82) is 0 Å². The van der Waals surface area contributed by atoms with Gasteiger partial charge in [0.25, 0.3) is 0 Å². The van der Waals surface area contributed by atoms with Gasteiger partial charge in [-0.2, -0.15) is 0 Å². The Balaban J connectivity index is 2.24. The van der Waals surface area contributed by atoms with Gasteiger partial charge in [0.05, 0.1) is 11.4 Å². The third kappa shape index (κ3) is 4.40. The van der Waals surface area contributed by atoms with Crippen molar-refractivity contribution in [2.24, 2.45) is 0 Å². The number of rotatable bonds is 6. The maximum Gasteiger partial charge on any atom is 0.0568 e. The average molecular weight is 222 g/mol. The van der Waals surface area contributed by atoms with Crippen LogP contribution in [0.5, 0.6) is 0 Å². The van der Waals surface area contributed by atoms with Crippen molar-refractivity contribution in [1.82, 2.24) is 4.90 Å². The van der Waals surface area contributed by atoms with E-state index >= 15 is 0 Å². The molecule has 0 aromatic heterocycles. The van der Waals surface area contributed by atoms with Crippen LogP contribution in [0.4, 0.5) is 17.1 Å². The number of hydrogen-bond donors (Lipinski definition) is 3. The fourth-order valence-corrected chi connectivity index (χ4v) is 1.47. The second-order valence-electron chi connectivity index (χ2n) is 4.28. The smallest absolute Gasteiger partial charge is 0.0568 e. The van der Waals surface area contributed by atoms with Crippen LogP contribution in [0, 0.1) is 0 Å². The minimum absolute atomic E-state index is 0.637. The van der Waals surface area contributed by atoms with E-state index in [1.54, 1.807) is 0 Å². The minimum atomic E-state index is 0.637. The number of hydrogen-bond acceptors (Lipinski definition) is 4. The molecule has 0 bridgehead atoms. The molecule has 1 rings (SSSR count). The number of anilines is 3. The second-order valence-corrected chi connectivity index (χ2v) is 4.28. The Labute approximate surface area is 97.6 Å². The molecule has 0 aliphatic heterocycles. The number of nitrogens with two attached hydrogens (primary N) is 2. The van der Waals surface area contributed by atoms with Crippen molar-refractivity contribution in [2.45, 2.75) is 12.8 Å². The predicted molar refractivity (Wildman–Crippen MR) is 71.5 cm³/mol. The zero-order valence-electron chi connectivity index (χ0n) is 10.2. The molecule has 0 amide bonds. The van der Waals surface area contributed by atoms with Crippen LogP contribution in [0.15, 0.2) is 18.2 Å². The standard InChI is InChI=1S/C12H22N4/c1-16(2)8-4-3-7-15-10-5-6-11(13)12(14)9-10/h5-6,9,15H,3-4,7-8,13-14H2,1-2H3. The van der Waals surface area contributed by atoms with E-state index in [1.165, 1.54) is 6.42 Å². The summed E-state index contributed by atoms with van der Waals surface area (Å²) < 4.78 is 0. The highest BCUT2D eigenvalue weighted by atomic mass is 15.0. The van der Waals surface area contributed by atoms with Crippen molar-refractivity contribution in [2.75, 3.05) is 44.0 Å². The van der Waals surface area contributed by atoms with Crippen LogP contribution in [0.2, 0.25) is 0 Å². The molecule has 5 N–H and O–H groups in total. The Morgan fingerprint density at radius 3 is 2.50 bits per heavy atom. The van der Waals surface area contributed by atoms with Crippen LogP contribution in [0.1, 0.15) is 12.8 Å². The van der Waals surface area contributed by atoms with Crippen LogP contribution in [-0.2, 0) is 0 Å². The van der Waals surface area contributed by atoms with E-state index in [0.717, 1.165) is 25.2 Å². The van der Waals surface area contributed by atoms with Gasteiger partial charge in [-0.25, -0.2) is 0 Å². The number of benzene rings is 1. The fraction of sp³-hybridized carbons (Fsp3) is 0.500. The molecule has 0 saturated carbocycles. The molecule has 0 heterocycles. The molecule has 0 radical (unpaired) electrons. The highest BCUT2D eigenvalue weighted by Crippen LogP contribution is 2.19. The summed E-state index contributed by atoms with van der Waals surface area (Å²) in [4.78, 5) is 2.20. The lowest BCUT2D eigenvalue weighted by atomic mass is 10.2. The van der Waals surface area contributed by atoms with E-state index < -0.39 is 0 Å². The molecule has 1 aromatic rings. The van der Waals surface area contributed by atoms with Crippen LogP contribution < -0.4 is 16.8 Å². The normalized spacial score (nSPS) is 10.7. The van der Waals surface area contributed by atoms with E-state index in [4.69, 9.17) is 11.5 Å². The Hall–Kier alpha value is -1.42. The number of nitrogen functional groups attached to an aromatic ring is 2. The second kappa shape index (κ2) is 6.23. The molecular formula is C12H22N4. The van der Waals surface area contributed by atoms with Gasteiger partial charge in [0.2, 0.25) is 0 Å². The molecule has 4 nitrogen and oxygen atoms in total. The summed E-state index contributed by atoms with van der Waals surface area (Å²) in [6, 6.07) is 5.66. The third-order valence-corrected chi connectivity index (χ3v) is 2.45. The molecule has 0 atom stereocenters. The maximum absolute atomic E-state index is 5.72. The van der Waals surface area contributed by atoms with E-state index in [-0.39, 0.29) is 0 Å². The molecule has 16 heavy (non-hydrogen) atoms. The van der Waals surface area contributed by atoms with E-state index in [2.05, 4.69) is 24.3 Å². The zero-order valence-corrected chi connectivity index (χ0v) is 10.2. The van der Waals surface area contributed by atoms with Crippen molar-refractivity contribution in [3.05, 3.63) is 18.2 Å². The molecule has 0 spiro atoms. The largest absolute Gasteiger partial charge is 0.397 e. The first-order valence-electron chi connectivity index (χ1n) is 5.63. The lowest BCUT2D eigenvalue weighted by molar-refractivity contribution is 0.396. The summed E-state index contributed by atoms with van der Waals surface area (Å²) in [5.74, 6) is 0. The zero-order chi connectivity index (χ0) is 12.0. The molecule has 90 valence electrons. The molecule has 0 fully saturated rings. The molecule has 0 aliphatic carbocycles. The van der Waals surface area contributed by atoms with Crippen LogP contribution in [-0.4, -0.2) is 32.1 Å². The average Bonchev–Trinajstić information content (AvgIpc) is 2.22. The number of nitrogens with one attached hydrogen (secondary N) is 1. The van der Waals surface area contributed by atoms with Crippen LogP contribution in [0.3, 0.4) is 0 Å². The van der Waals surface area contributed by atoms with Gasteiger partial charge in [0.15, 0.2) is 0 Å². The topological polar surface area (TPSA) is 67.3 Å². The minimum Gasteiger partial charge on any atom is -0.397 e. The van der Waals surface area contributed by atoms with Gasteiger partial charge in [-0.1, -0.05) is 0 Å². The molecule has 0 saturated heterocycles. The van der Waals surface area contributed by atoms with Gasteiger partial charge < -0.3 is 21.7 Å². The SMILES string of the molecule is CN(C)CCCCNc1ccc(N)c(N)c1. The van der Waals surface area contributed by atoms with Crippen molar-refractivity contribution >= 4 is 17.1 Å². The highest BCUT2D eigenvalue weighted by molar-refractivity contribution is 5.69. The van der Waals surface area contributed by atoms with Crippen molar-refractivity contribution in [3.63, 3.8) is 0 Å². The summed E-state index contributed by atoms with van der Waals surface area (Å²) in [5, 5.41) is 3.33.